The molecule has 0 bridgehead atoms. The van der Waals surface area contributed by atoms with Crippen LogP contribution in [-0.2, 0) is 11.2 Å². The van der Waals surface area contributed by atoms with Gasteiger partial charge in [0.25, 0.3) is 5.91 Å². The van der Waals surface area contributed by atoms with Gasteiger partial charge < -0.3 is 15.0 Å². The maximum atomic E-state index is 12.8. The number of ether oxygens (including phenoxy) is 1. The number of nitrogens with one attached hydrogen (secondary N) is 2. The first-order valence-electron chi connectivity index (χ1n) is 12.8. The Labute approximate surface area is 215 Å². The molecule has 0 aromatic carbocycles. The summed E-state index contributed by atoms with van der Waals surface area (Å²) in [6, 6.07) is 5.87. The van der Waals surface area contributed by atoms with Crippen LogP contribution in [0.15, 0.2) is 24.4 Å². The summed E-state index contributed by atoms with van der Waals surface area (Å²) in [4.78, 5) is 24.7. The number of aromatic amines is 1. The minimum Gasteiger partial charge on any atom is -0.370 e. The first-order chi connectivity index (χ1) is 16.7. The molecule has 0 aliphatic heterocycles. The number of nitrogens with zero attached hydrogens (tertiary/aromatic N) is 3. The van der Waals surface area contributed by atoms with E-state index in [-0.39, 0.29) is 28.1 Å². The lowest BCUT2D eigenvalue weighted by atomic mass is 9.77. The van der Waals surface area contributed by atoms with E-state index in [1.54, 1.807) is 0 Å². The van der Waals surface area contributed by atoms with Crippen LogP contribution in [0.3, 0.4) is 0 Å². The molecule has 0 saturated carbocycles. The lowest BCUT2D eigenvalue weighted by molar-refractivity contribution is -0.121. The quantitative estimate of drug-likeness (QED) is 0.428. The number of aromatic nitrogens is 3. The molecule has 7 nitrogen and oxygen atoms in total. The Kier molecular flexibility index (Phi) is 8.10. The molecular weight excluding hydrogens is 450 g/mol. The molecule has 2 N–H and O–H groups in total. The van der Waals surface area contributed by atoms with Crippen LogP contribution in [0.25, 0.3) is 5.57 Å². The van der Waals surface area contributed by atoms with Gasteiger partial charge in [0, 0.05) is 11.9 Å². The summed E-state index contributed by atoms with van der Waals surface area (Å²) in [5.74, 6) is 0.0865. The minimum atomic E-state index is -0.390. The second-order valence-electron chi connectivity index (χ2n) is 12.5. The van der Waals surface area contributed by atoms with Gasteiger partial charge >= 0.3 is 0 Å². The van der Waals surface area contributed by atoms with E-state index in [2.05, 4.69) is 76.8 Å². The van der Waals surface area contributed by atoms with E-state index in [0.717, 1.165) is 49.1 Å². The monoisotopic (exact) mass is 491 g/mol. The number of rotatable bonds is 8. The van der Waals surface area contributed by atoms with Gasteiger partial charge in [0.2, 0.25) is 0 Å². The lowest BCUT2D eigenvalue weighted by Gasteiger charge is -2.35. The van der Waals surface area contributed by atoms with Crippen LogP contribution in [0.4, 0.5) is 5.69 Å². The highest BCUT2D eigenvalue weighted by Crippen LogP contribution is 2.39. The highest BCUT2D eigenvalue weighted by molar-refractivity contribution is 6.03. The summed E-state index contributed by atoms with van der Waals surface area (Å²) in [7, 11) is 0. The topological polar surface area (TPSA) is 104 Å². The third kappa shape index (κ3) is 7.76. The molecule has 1 unspecified atom stereocenters. The minimum absolute atomic E-state index is 0.107. The van der Waals surface area contributed by atoms with Crippen molar-refractivity contribution >= 4 is 17.2 Å². The van der Waals surface area contributed by atoms with Gasteiger partial charge in [-0.15, -0.1) is 0 Å². The zero-order valence-corrected chi connectivity index (χ0v) is 23.1. The van der Waals surface area contributed by atoms with Gasteiger partial charge in [-0.25, -0.2) is 4.98 Å². The van der Waals surface area contributed by atoms with Crippen molar-refractivity contribution in [1.29, 1.82) is 5.26 Å². The van der Waals surface area contributed by atoms with Crippen molar-refractivity contribution in [2.45, 2.75) is 98.7 Å². The van der Waals surface area contributed by atoms with Crippen LogP contribution >= 0.6 is 0 Å². The van der Waals surface area contributed by atoms with E-state index in [0.29, 0.717) is 11.6 Å². The molecule has 2 aromatic rings. The second kappa shape index (κ2) is 10.6. The molecule has 1 aliphatic rings. The molecule has 0 radical (unpaired) electrons. The maximum Gasteiger partial charge on any atom is 0.291 e. The number of anilines is 1. The number of carbonyl (C=O) groups excluding carboxylic acids is 1. The van der Waals surface area contributed by atoms with E-state index in [1.165, 1.54) is 6.20 Å². The van der Waals surface area contributed by atoms with Crippen molar-refractivity contribution in [3.63, 3.8) is 0 Å². The first-order valence-corrected chi connectivity index (χ1v) is 12.8. The third-order valence-corrected chi connectivity index (χ3v) is 6.37. The molecule has 0 saturated heterocycles. The Morgan fingerprint density at radius 1 is 1.25 bits per heavy atom. The highest BCUT2D eigenvalue weighted by atomic mass is 16.5. The molecule has 1 aliphatic carbocycles. The Hall–Kier alpha value is -2.98. The van der Waals surface area contributed by atoms with E-state index < -0.39 is 5.91 Å². The SMILES string of the molecule is CC(Cc1ccc(NC(=O)c2nc(C#N)c[nH]2)c(C2=CCC(C)(C)CC2)n1)CC(C)(C)OC(C)(C)C. The standard InChI is InChI=1S/C29H41N5O2/c1-19(16-29(7,8)36-27(2,3)4)15-21-9-10-23(34-26(35)25-31-18-22(17-30)33-25)24(32-21)20-11-13-28(5,6)14-12-20/h9-11,18-19H,12-16H2,1-8H3,(H,31,33)(H,34,35). The molecule has 0 fully saturated rings. The largest absolute Gasteiger partial charge is 0.370 e. The zero-order chi connectivity index (χ0) is 26.7. The van der Waals surface area contributed by atoms with Crippen LogP contribution in [0.5, 0.6) is 0 Å². The molecule has 194 valence electrons. The number of pyridine rings is 1. The summed E-state index contributed by atoms with van der Waals surface area (Å²) in [5.41, 5.74) is 3.65. The van der Waals surface area contributed by atoms with Gasteiger partial charge in [-0.2, -0.15) is 5.26 Å². The van der Waals surface area contributed by atoms with Gasteiger partial charge in [0.15, 0.2) is 11.5 Å². The van der Waals surface area contributed by atoms with Gasteiger partial charge in [-0.3, -0.25) is 9.78 Å². The van der Waals surface area contributed by atoms with Gasteiger partial charge in [0.05, 0.1) is 22.6 Å². The van der Waals surface area contributed by atoms with E-state index in [9.17, 15) is 4.79 Å². The smallest absolute Gasteiger partial charge is 0.291 e. The normalized spacial score (nSPS) is 16.7. The van der Waals surface area contributed by atoms with Crippen LogP contribution in [0.1, 0.15) is 109 Å². The average molecular weight is 492 g/mol. The fraction of sp³-hybridized carbons (Fsp3) is 0.586. The van der Waals surface area contributed by atoms with Crippen molar-refractivity contribution < 1.29 is 9.53 Å². The summed E-state index contributed by atoms with van der Waals surface area (Å²) in [6.45, 7) is 17.3. The molecule has 0 spiro atoms. The first kappa shape index (κ1) is 27.6. The highest BCUT2D eigenvalue weighted by Gasteiger charge is 2.28. The number of hydrogen-bond acceptors (Lipinski definition) is 5. The average Bonchev–Trinajstić information content (AvgIpc) is 3.22. The fourth-order valence-corrected chi connectivity index (χ4v) is 5.07. The van der Waals surface area contributed by atoms with Crippen LogP contribution in [0, 0.1) is 22.7 Å². The molecule has 7 heteroatoms. The van der Waals surface area contributed by atoms with Gasteiger partial charge in [-0.05, 0) is 95.8 Å². The van der Waals surface area contributed by atoms with Crippen molar-refractivity contribution in [2.75, 3.05) is 5.32 Å². The molecule has 2 heterocycles. The Balaban J connectivity index is 1.84. The van der Waals surface area contributed by atoms with Crippen molar-refractivity contribution in [1.82, 2.24) is 15.0 Å². The molecule has 1 atom stereocenters. The Bertz CT molecular complexity index is 1160. The van der Waals surface area contributed by atoms with Gasteiger partial charge in [0.1, 0.15) is 6.07 Å². The Morgan fingerprint density at radius 3 is 2.56 bits per heavy atom. The van der Waals surface area contributed by atoms with Crippen molar-refractivity contribution in [2.24, 2.45) is 11.3 Å². The number of allylic oxidation sites excluding steroid dienone is 2. The fourth-order valence-electron chi connectivity index (χ4n) is 5.07. The van der Waals surface area contributed by atoms with Crippen molar-refractivity contribution in [3.8, 4) is 6.07 Å². The number of hydrogen-bond donors (Lipinski definition) is 2. The molecule has 1 amide bonds. The number of H-pyrrole nitrogens is 1. The predicted molar refractivity (Wildman–Crippen MR) is 144 cm³/mol. The molecule has 2 aromatic heterocycles. The van der Waals surface area contributed by atoms with E-state index >= 15 is 0 Å². The molecule has 3 rings (SSSR count). The summed E-state index contributed by atoms with van der Waals surface area (Å²) < 4.78 is 6.28. The molecular formula is C29H41N5O2. The number of imidazole rings is 1. The van der Waals surface area contributed by atoms with Crippen LogP contribution in [-0.4, -0.2) is 32.1 Å². The molecule has 36 heavy (non-hydrogen) atoms. The zero-order valence-electron chi connectivity index (χ0n) is 23.1. The summed E-state index contributed by atoms with van der Waals surface area (Å²) in [5, 5.41) is 12.0. The number of amides is 1. The van der Waals surface area contributed by atoms with Crippen LogP contribution in [0.2, 0.25) is 0 Å². The predicted octanol–water partition coefficient (Wildman–Crippen LogP) is 6.68. The summed E-state index contributed by atoms with van der Waals surface area (Å²) in [6.07, 6.45) is 8.37. The van der Waals surface area contributed by atoms with E-state index in [1.807, 2.05) is 18.2 Å². The second-order valence-corrected chi connectivity index (χ2v) is 12.5. The maximum absolute atomic E-state index is 12.8. The van der Waals surface area contributed by atoms with E-state index in [4.69, 9.17) is 15.0 Å². The summed E-state index contributed by atoms with van der Waals surface area (Å²) >= 11 is 0. The number of carbonyl (C=O) groups is 1. The van der Waals surface area contributed by atoms with Crippen molar-refractivity contribution in [3.05, 3.63) is 47.3 Å². The number of nitriles is 1. The Morgan fingerprint density at radius 2 is 1.97 bits per heavy atom. The van der Waals surface area contributed by atoms with Crippen LogP contribution < -0.4 is 5.32 Å². The lowest BCUT2D eigenvalue weighted by Crippen LogP contribution is -2.36. The third-order valence-electron chi connectivity index (χ3n) is 6.37. The van der Waals surface area contributed by atoms with Gasteiger partial charge in [-0.1, -0.05) is 26.8 Å².